The summed E-state index contributed by atoms with van der Waals surface area (Å²) < 4.78 is 0. The van der Waals surface area contributed by atoms with Gasteiger partial charge in [0.1, 0.15) is 0 Å². The first-order valence-electron chi connectivity index (χ1n) is 6.17. The van der Waals surface area contributed by atoms with Crippen molar-refractivity contribution < 1.29 is 0 Å². The van der Waals surface area contributed by atoms with Crippen LogP contribution < -0.4 is 10.6 Å². The summed E-state index contributed by atoms with van der Waals surface area (Å²) in [5.41, 5.74) is 9.47. The highest BCUT2D eigenvalue weighted by atomic mass is 15.2. The van der Waals surface area contributed by atoms with Crippen LogP contribution in [0.4, 0.5) is 17.2 Å². The molecule has 0 saturated carbocycles. The molecule has 0 radical (unpaired) electrons. The Bertz CT molecular complexity index is 590. The number of pyridine rings is 1. The summed E-state index contributed by atoms with van der Waals surface area (Å²) in [6.45, 7) is 5.42. The number of anilines is 3. The van der Waals surface area contributed by atoms with Gasteiger partial charge in [0.25, 0.3) is 0 Å². The summed E-state index contributed by atoms with van der Waals surface area (Å²) >= 11 is 0. The van der Waals surface area contributed by atoms with Gasteiger partial charge in [-0.15, -0.1) is 0 Å². The summed E-state index contributed by atoms with van der Waals surface area (Å²) in [6, 6.07) is 12.2. The first-order valence-corrected chi connectivity index (χ1v) is 6.17. The van der Waals surface area contributed by atoms with Crippen LogP contribution in [0, 0.1) is 0 Å². The van der Waals surface area contributed by atoms with Gasteiger partial charge in [-0.1, -0.05) is 32.0 Å². The van der Waals surface area contributed by atoms with E-state index in [1.165, 1.54) is 11.3 Å². The van der Waals surface area contributed by atoms with Crippen LogP contribution in [-0.2, 0) is 5.41 Å². The second-order valence-electron chi connectivity index (χ2n) is 5.40. The lowest BCUT2D eigenvalue weighted by Crippen LogP contribution is -2.26. The summed E-state index contributed by atoms with van der Waals surface area (Å²) in [5.74, 6) is 0.857. The van der Waals surface area contributed by atoms with Crippen molar-refractivity contribution in [2.45, 2.75) is 19.3 Å². The Hall–Kier alpha value is -2.03. The fraction of sp³-hybridized carbons (Fsp3) is 0.267. The molecule has 2 aromatic rings. The third-order valence-electron chi connectivity index (χ3n) is 3.55. The van der Waals surface area contributed by atoms with E-state index in [2.05, 4.69) is 48.0 Å². The lowest BCUT2D eigenvalue weighted by Gasteiger charge is -2.22. The quantitative estimate of drug-likeness (QED) is 0.831. The van der Waals surface area contributed by atoms with Crippen molar-refractivity contribution in [3.63, 3.8) is 0 Å². The first kappa shape index (κ1) is 11.1. The van der Waals surface area contributed by atoms with Crippen LogP contribution in [0.25, 0.3) is 0 Å². The second-order valence-corrected chi connectivity index (χ2v) is 5.40. The molecule has 0 aliphatic carbocycles. The van der Waals surface area contributed by atoms with Crippen molar-refractivity contribution in [1.29, 1.82) is 0 Å². The number of rotatable bonds is 1. The Morgan fingerprint density at radius 3 is 2.72 bits per heavy atom. The molecule has 0 amide bonds. The minimum Gasteiger partial charge on any atom is -0.396 e. The minimum atomic E-state index is 0.126. The number of nitrogens with two attached hydrogens (primary N) is 1. The van der Waals surface area contributed by atoms with E-state index in [9.17, 15) is 0 Å². The van der Waals surface area contributed by atoms with Crippen molar-refractivity contribution in [3.05, 3.63) is 48.2 Å². The van der Waals surface area contributed by atoms with Crippen LogP contribution >= 0.6 is 0 Å². The monoisotopic (exact) mass is 239 g/mol. The molecular weight excluding hydrogens is 222 g/mol. The van der Waals surface area contributed by atoms with Crippen LogP contribution in [0.1, 0.15) is 19.4 Å². The predicted molar refractivity (Wildman–Crippen MR) is 75.1 cm³/mol. The van der Waals surface area contributed by atoms with Gasteiger partial charge in [0.2, 0.25) is 0 Å². The van der Waals surface area contributed by atoms with E-state index < -0.39 is 0 Å². The predicted octanol–water partition coefficient (Wildman–Crippen LogP) is 3.09. The number of hydrogen-bond donors (Lipinski definition) is 1. The van der Waals surface area contributed by atoms with E-state index >= 15 is 0 Å². The molecule has 2 heterocycles. The summed E-state index contributed by atoms with van der Waals surface area (Å²) in [7, 11) is 0. The summed E-state index contributed by atoms with van der Waals surface area (Å²) in [5, 5.41) is 0. The van der Waals surface area contributed by atoms with Gasteiger partial charge in [0.15, 0.2) is 5.82 Å². The van der Waals surface area contributed by atoms with Crippen LogP contribution in [-0.4, -0.2) is 11.5 Å². The van der Waals surface area contributed by atoms with Gasteiger partial charge < -0.3 is 10.6 Å². The lowest BCUT2D eigenvalue weighted by molar-refractivity contribution is 0.568. The smallest absolute Gasteiger partial charge is 0.156 e. The number of nitrogen functional groups attached to an aromatic ring is 1. The zero-order chi connectivity index (χ0) is 12.8. The fourth-order valence-corrected chi connectivity index (χ4v) is 2.67. The molecule has 1 aliphatic heterocycles. The molecule has 18 heavy (non-hydrogen) atoms. The van der Waals surface area contributed by atoms with Gasteiger partial charge >= 0.3 is 0 Å². The molecule has 0 bridgehead atoms. The van der Waals surface area contributed by atoms with Crippen LogP contribution in [0.3, 0.4) is 0 Å². The molecule has 2 N–H and O–H groups in total. The molecule has 3 rings (SSSR count). The lowest BCUT2D eigenvalue weighted by atomic mass is 9.87. The van der Waals surface area contributed by atoms with Crippen LogP contribution in [0.5, 0.6) is 0 Å². The van der Waals surface area contributed by atoms with Crippen LogP contribution in [0.2, 0.25) is 0 Å². The Morgan fingerprint density at radius 1 is 1.17 bits per heavy atom. The van der Waals surface area contributed by atoms with Crippen molar-refractivity contribution >= 4 is 17.2 Å². The SMILES string of the molecule is CC1(C)CN(c2ncccc2N)c2ccccc21. The summed E-state index contributed by atoms with van der Waals surface area (Å²) in [4.78, 5) is 6.64. The molecule has 1 aliphatic rings. The van der Waals surface area contributed by atoms with E-state index in [-0.39, 0.29) is 5.41 Å². The molecule has 1 aromatic heterocycles. The molecule has 0 unspecified atom stereocenters. The van der Waals surface area contributed by atoms with E-state index in [0.717, 1.165) is 18.1 Å². The zero-order valence-electron chi connectivity index (χ0n) is 10.7. The highest BCUT2D eigenvalue weighted by Crippen LogP contribution is 2.44. The highest BCUT2D eigenvalue weighted by Gasteiger charge is 2.36. The van der Waals surface area contributed by atoms with Crippen molar-refractivity contribution in [1.82, 2.24) is 4.98 Å². The average molecular weight is 239 g/mol. The molecule has 3 nitrogen and oxygen atoms in total. The Kier molecular flexibility index (Phi) is 2.30. The van der Waals surface area contributed by atoms with E-state index in [1.54, 1.807) is 6.20 Å². The third-order valence-corrected chi connectivity index (χ3v) is 3.55. The van der Waals surface area contributed by atoms with Gasteiger partial charge in [0.05, 0.1) is 5.69 Å². The normalized spacial score (nSPS) is 16.7. The third kappa shape index (κ3) is 1.55. The first-order chi connectivity index (χ1) is 8.59. The maximum absolute atomic E-state index is 6.04. The van der Waals surface area contributed by atoms with E-state index in [1.807, 2.05) is 12.1 Å². The Labute approximate surface area is 107 Å². The molecule has 0 saturated heterocycles. The van der Waals surface area contributed by atoms with Crippen molar-refractivity contribution in [2.24, 2.45) is 0 Å². The number of fused-ring (bicyclic) bond motifs is 1. The van der Waals surface area contributed by atoms with Gasteiger partial charge in [0, 0.05) is 23.8 Å². The molecule has 0 atom stereocenters. The van der Waals surface area contributed by atoms with Crippen molar-refractivity contribution in [2.75, 3.05) is 17.2 Å². The Balaban J connectivity index is 2.15. The number of hydrogen-bond acceptors (Lipinski definition) is 3. The number of benzene rings is 1. The number of para-hydroxylation sites is 1. The largest absolute Gasteiger partial charge is 0.396 e. The van der Waals surface area contributed by atoms with Gasteiger partial charge in [-0.05, 0) is 23.8 Å². The molecule has 3 heteroatoms. The number of aromatic nitrogens is 1. The molecule has 0 spiro atoms. The number of nitrogens with zero attached hydrogens (tertiary/aromatic N) is 2. The highest BCUT2D eigenvalue weighted by molar-refractivity contribution is 5.76. The van der Waals surface area contributed by atoms with Gasteiger partial charge in [-0.2, -0.15) is 0 Å². The average Bonchev–Trinajstić information content (AvgIpc) is 2.63. The fourth-order valence-electron chi connectivity index (χ4n) is 2.67. The maximum atomic E-state index is 6.04. The van der Waals surface area contributed by atoms with Gasteiger partial charge in [-0.25, -0.2) is 4.98 Å². The van der Waals surface area contributed by atoms with Crippen molar-refractivity contribution in [3.8, 4) is 0 Å². The topological polar surface area (TPSA) is 42.2 Å². The van der Waals surface area contributed by atoms with Gasteiger partial charge in [-0.3, -0.25) is 0 Å². The minimum absolute atomic E-state index is 0.126. The molecule has 0 fully saturated rings. The van der Waals surface area contributed by atoms with Crippen LogP contribution in [0.15, 0.2) is 42.6 Å². The summed E-state index contributed by atoms with van der Waals surface area (Å²) in [6.07, 6.45) is 1.79. The van der Waals surface area contributed by atoms with E-state index in [0.29, 0.717) is 0 Å². The standard InChI is InChI=1S/C15H17N3/c1-15(2)10-18(13-8-4-3-6-11(13)15)14-12(16)7-5-9-17-14/h3-9H,10,16H2,1-2H3. The Morgan fingerprint density at radius 2 is 1.94 bits per heavy atom. The molecular formula is C15H17N3. The molecule has 92 valence electrons. The van der Waals surface area contributed by atoms with E-state index in [4.69, 9.17) is 5.73 Å². The maximum Gasteiger partial charge on any atom is 0.156 e. The zero-order valence-corrected chi connectivity index (χ0v) is 10.7. The second kappa shape index (κ2) is 3.73. The molecule has 1 aromatic carbocycles.